The van der Waals surface area contributed by atoms with Crippen LogP contribution in [0.1, 0.15) is 25.6 Å². The minimum absolute atomic E-state index is 0.306. The van der Waals surface area contributed by atoms with Crippen LogP contribution in [0, 0.1) is 0 Å². The van der Waals surface area contributed by atoms with E-state index in [-0.39, 0.29) is 0 Å². The summed E-state index contributed by atoms with van der Waals surface area (Å²) in [6.07, 6.45) is 1.69. The Balaban J connectivity index is 2.46. The van der Waals surface area contributed by atoms with Crippen molar-refractivity contribution >= 4 is 5.69 Å². The van der Waals surface area contributed by atoms with Crippen molar-refractivity contribution in [1.82, 2.24) is 14.8 Å². The van der Waals surface area contributed by atoms with Crippen LogP contribution in [0.25, 0.3) is 5.69 Å². The molecule has 2 N–H and O–H groups in total. The largest absolute Gasteiger partial charge is 0.495 e. The third-order valence-electron chi connectivity index (χ3n) is 2.58. The van der Waals surface area contributed by atoms with Crippen molar-refractivity contribution < 1.29 is 4.74 Å². The third-order valence-corrected chi connectivity index (χ3v) is 2.58. The summed E-state index contributed by atoms with van der Waals surface area (Å²) in [5.41, 5.74) is 7.43. The lowest BCUT2D eigenvalue weighted by Crippen LogP contribution is -2.03. The summed E-state index contributed by atoms with van der Waals surface area (Å²) in [7, 11) is 1.60. The van der Waals surface area contributed by atoms with E-state index < -0.39 is 0 Å². The van der Waals surface area contributed by atoms with Crippen molar-refractivity contribution in [2.75, 3.05) is 12.8 Å². The SMILES string of the molecule is COc1ccc(-n2cnnc2C(C)C)cc1N. The molecule has 0 fully saturated rings. The molecule has 17 heavy (non-hydrogen) atoms. The summed E-state index contributed by atoms with van der Waals surface area (Å²) in [5, 5.41) is 8.04. The smallest absolute Gasteiger partial charge is 0.141 e. The zero-order valence-electron chi connectivity index (χ0n) is 10.2. The number of rotatable bonds is 3. The Morgan fingerprint density at radius 3 is 2.71 bits per heavy atom. The zero-order chi connectivity index (χ0) is 12.4. The van der Waals surface area contributed by atoms with Crippen molar-refractivity contribution in [2.45, 2.75) is 19.8 Å². The minimum Gasteiger partial charge on any atom is -0.495 e. The third kappa shape index (κ3) is 2.08. The van der Waals surface area contributed by atoms with E-state index in [2.05, 4.69) is 24.0 Å². The highest BCUT2D eigenvalue weighted by Crippen LogP contribution is 2.25. The molecule has 1 aromatic carbocycles. The maximum Gasteiger partial charge on any atom is 0.141 e. The van der Waals surface area contributed by atoms with Crippen LogP contribution in [0.15, 0.2) is 24.5 Å². The first kappa shape index (κ1) is 11.4. The molecule has 0 bridgehead atoms. The van der Waals surface area contributed by atoms with Crippen LogP contribution in [-0.2, 0) is 0 Å². The second-order valence-electron chi connectivity index (χ2n) is 4.14. The summed E-state index contributed by atoms with van der Waals surface area (Å²) in [6.45, 7) is 4.15. The van der Waals surface area contributed by atoms with E-state index >= 15 is 0 Å². The van der Waals surface area contributed by atoms with Crippen LogP contribution in [0.2, 0.25) is 0 Å². The molecule has 5 heteroatoms. The second kappa shape index (κ2) is 4.45. The number of aromatic nitrogens is 3. The maximum absolute atomic E-state index is 5.89. The molecular weight excluding hydrogens is 216 g/mol. The summed E-state index contributed by atoms with van der Waals surface area (Å²) in [5.74, 6) is 1.89. The van der Waals surface area contributed by atoms with Crippen LogP contribution in [-0.4, -0.2) is 21.9 Å². The fraction of sp³-hybridized carbons (Fsp3) is 0.333. The van der Waals surface area contributed by atoms with Gasteiger partial charge in [-0.05, 0) is 18.2 Å². The monoisotopic (exact) mass is 232 g/mol. The second-order valence-corrected chi connectivity index (χ2v) is 4.14. The number of ether oxygens (including phenoxy) is 1. The highest BCUT2D eigenvalue weighted by atomic mass is 16.5. The van der Waals surface area contributed by atoms with Gasteiger partial charge in [0.2, 0.25) is 0 Å². The van der Waals surface area contributed by atoms with Gasteiger partial charge < -0.3 is 10.5 Å². The number of benzene rings is 1. The number of methoxy groups -OCH3 is 1. The Morgan fingerprint density at radius 2 is 2.12 bits per heavy atom. The van der Waals surface area contributed by atoms with Gasteiger partial charge in [-0.3, -0.25) is 4.57 Å². The fourth-order valence-corrected chi connectivity index (χ4v) is 1.71. The van der Waals surface area contributed by atoms with E-state index in [1.807, 2.05) is 22.8 Å². The van der Waals surface area contributed by atoms with Gasteiger partial charge >= 0.3 is 0 Å². The standard InChI is InChI=1S/C12H16N4O/c1-8(2)12-15-14-7-16(12)9-4-5-11(17-3)10(13)6-9/h4-8H,13H2,1-3H3. The quantitative estimate of drug-likeness (QED) is 0.822. The summed E-state index contributed by atoms with van der Waals surface area (Å²) >= 11 is 0. The van der Waals surface area contributed by atoms with Gasteiger partial charge in [0.1, 0.15) is 17.9 Å². The highest BCUT2D eigenvalue weighted by Gasteiger charge is 2.11. The first-order valence-corrected chi connectivity index (χ1v) is 5.47. The Morgan fingerprint density at radius 1 is 1.35 bits per heavy atom. The normalized spacial score (nSPS) is 10.8. The van der Waals surface area contributed by atoms with Gasteiger partial charge in [-0.15, -0.1) is 10.2 Å². The van der Waals surface area contributed by atoms with E-state index in [9.17, 15) is 0 Å². The number of nitrogens with zero attached hydrogens (tertiary/aromatic N) is 3. The highest BCUT2D eigenvalue weighted by molar-refractivity contribution is 5.58. The number of anilines is 1. The Bertz CT molecular complexity index is 519. The van der Waals surface area contributed by atoms with Crippen LogP contribution in [0.4, 0.5) is 5.69 Å². The molecule has 90 valence electrons. The number of nitrogens with two attached hydrogens (primary N) is 1. The van der Waals surface area contributed by atoms with Crippen molar-refractivity contribution in [3.63, 3.8) is 0 Å². The number of hydrogen-bond donors (Lipinski definition) is 1. The van der Waals surface area contributed by atoms with Gasteiger partial charge in [0.15, 0.2) is 0 Å². The minimum atomic E-state index is 0.306. The molecule has 0 unspecified atom stereocenters. The predicted octanol–water partition coefficient (Wildman–Crippen LogP) is 1.98. The van der Waals surface area contributed by atoms with Crippen LogP contribution >= 0.6 is 0 Å². The van der Waals surface area contributed by atoms with E-state index in [0.717, 1.165) is 11.5 Å². The van der Waals surface area contributed by atoms with Crippen LogP contribution < -0.4 is 10.5 Å². The average Bonchev–Trinajstić information content (AvgIpc) is 2.77. The molecule has 5 nitrogen and oxygen atoms in total. The number of hydrogen-bond acceptors (Lipinski definition) is 4. The van der Waals surface area contributed by atoms with Gasteiger partial charge in [0.25, 0.3) is 0 Å². The molecule has 0 spiro atoms. The Labute approximate surface area is 100 Å². The predicted molar refractivity (Wildman–Crippen MR) is 66.4 cm³/mol. The maximum atomic E-state index is 5.89. The van der Waals surface area contributed by atoms with Crippen molar-refractivity contribution in [3.05, 3.63) is 30.4 Å². The van der Waals surface area contributed by atoms with Crippen molar-refractivity contribution in [3.8, 4) is 11.4 Å². The molecule has 2 aromatic rings. The molecule has 0 radical (unpaired) electrons. The lowest BCUT2D eigenvalue weighted by Gasteiger charge is -2.11. The molecule has 0 atom stereocenters. The average molecular weight is 232 g/mol. The van der Waals surface area contributed by atoms with E-state index in [4.69, 9.17) is 10.5 Å². The van der Waals surface area contributed by atoms with Crippen molar-refractivity contribution in [1.29, 1.82) is 0 Å². The first-order chi connectivity index (χ1) is 8.13. The Hall–Kier alpha value is -2.04. The van der Waals surface area contributed by atoms with Crippen LogP contribution in [0.3, 0.4) is 0 Å². The molecule has 0 saturated carbocycles. The van der Waals surface area contributed by atoms with Gasteiger partial charge in [0, 0.05) is 5.92 Å². The molecule has 2 rings (SSSR count). The molecule has 0 aliphatic rings. The van der Waals surface area contributed by atoms with Gasteiger partial charge in [0.05, 0.1) is 18.5 Å². The fourth-order valence-electron chi connectivity index (χ4n) is 1.71. The van der Waals surface area contributed by atoms with E-state index in [0.29, 0.717) is 17.4 Å². The summed E-state index contributed by atoms with van der Waals surface area (Å²) < 4.78 is 7.06. The number of nitrogen functional groups attached to an aromatic ring is 1. The molecular formula is C12H16N4O. The Kier molecular flexibility index (Phi) is 2.99. The molecule has 1 heterocycles. The zero-order valence-corrected chi connectivity index (χ0v) is 10.2. The lowest BCUT2D eigenvalue weighted by molar-refractivity contribution is 0.417. The van der Waals surface area contributed by atoms with Crippen LogP contribution in [0.5, 0.6) is 5.75 Å². The van der Waals surface area contributed by atoms with Gasteiger partial charge in [-0.1, -0.05) is 13.8 Å². The molecule has 0 aliphatic heterocycles. The molecule has 0 amide bonds. The first-order valence-electron chi connectivity index (χ1n) is 5.47. The van der Waals surface area contributed by atoms with Crippen molar-refractivity contribution in [2.24, 2.45) is 0 Å². The molecule has 0 aliphatic carbocycles. The lowest BCUT2D eigenvalue weighted by atomic mass is 10.2. The molecule has 1 aromatic heterocycles. The topological polar surface area (TPSA) is 66.0 Å². The molecule has 0 saturated heterocycles. The van der Waals surface area contributed by atoms with E-state index in [1.165, 1.54) is 0 Å². The summed E-state index contributed by atoms with van der Waals surface area (Å²) in [4.78, 5) is 0. The van der Waals surface area contributed by atoms with E-state index in [1.54, 1.807) is 13.4 Å². The van der Waals surface area contributed by atoms with Gasteiger partial charge in [-0.2, -0.15) is 0 Å². The van der Waals surface area contributed by atoms with Gasteiger partial charge in [-0.25, -0.2) is 0 Å². The summed E-state index contributed by atoms with van der Waals surface area (Å²) in [6, 6.07) is 5.63.